The van der Waals surface area contributed by atoms with E-state index in [1.165, 1.54) is 43.5 Å². The monoisotopic (exact) mass is 590 g/mol. The van der Waals surface area contributed by atoms with Gasteiger partial charge in [-0.25, -0.2) is 14.5 Å². The SMILES string of the molecule is COc1ccc(-c2ccc(=O)n(CCCCOc3ccc(C4=NNC(=O)CC4)c(F)c3F)n2)c2cc(C(F)(F)F)oc12. The molecule has 0 unspecified atom stereocenters. The largest absolute Gasteiger partial charge is 0.493 e. The number of hydrogen-bond acceptors (Lipinski definition) is 7. The third-order valence-electron chi connectivity index (χ3n) is 6.57. The van der Waals surface area contributed by atoms with Crippen LogP contribution in [0.4, 0.5) is 22.0 Å². The maximum Gasteiger partial charge on any atom is 0.449 e. The number of halogens is 5. The minimum Gasteiger partial charge on any atom is -0.493 e. The van der Waals surface area contributed by atoms with E-state index in [1.54, 1.807) is 0 Å². The molecular formula is C28H23F5N4O5. The molecule has 2 aromatic heterocycles. The van der Waals surface area contributed by atoms with Gasteiger partial charge in [0.25, 0.3) is 5.56 Å². The first-order valence-corrected chi connectivity index (χ1v) is 12.8. The van der Waals surface area contributed by atoms with Crippen molar-refractivity contribution in [2.75, 3.05) is 13.7 Å². The highest BCUT2D eigenvalue weighted by atomic mass is 19.4. The number of methoxy groups -OCH3 is 1. The lowest BCUT2D eigenvalue weighted by Gasteiger charge is -2.14. The van der Waals surface area contributed by atoms with Gasteiger partial charge in [-0.15, -0.1) is 0 Å². The van der Waals surface area contributed by atoms with Crippen LogP contribution in [-0.2, 0) is 17.5 Å². The molecule has 0 saturated carbocycles. The van der Waals surface area contributed by atoms with Crippen LogP contribution < -0.4 is 20.5 Å². The van der Waals surface area contributed by atoms with Crippen molar-refractivity contribution in [2.45, 2.75) is 38.4 Å². The Morgan fingerprint density at radius 2 is 1.74 bits per heavy atom. The second-order valence-corrected chi connectivity index (χ2v) is 9.33. The third-order valence-corrected chi connectivity index (χ3v) is 6.57. The fourth-order valence-corrected chi connectivity index (χ4v) is 4.46. The zero-order chi connectivity index (χ0) is 30.0. The molecule has 14 heteroatoms. The smallest absolute Gasteiger partial charge is 0.449 e. The van der Waals surface area contributed by atoms with Crippen LogP contribution in [0.2, 0.25) is 0 Å². The third kappa shape index (κ3) is 5.83. The van der Waals surface area contributed by atoms with Crippen molar-refractivity contribution in [1.29, 1.82) is 0 Å². The number of hydrogen-bond donors (Lipinski definition) is 1. The average molecular weight is 591 g/mol. The molecule has 1 N–H and O–H groups in total. The molecule has 0 atom stereocenters. The summed E-state index contributed by atoms with van der Waals surface area (Å²) in [6, 6.07) is 9.09. The second-order valence-electron chi connectivity index (χ2n) is 9.33. The van der Waals surface area contributed by atoms with E-state index in [-0.39, 0.29) is 71.3 Å². The number of nitrogens with zero attached hydrogens (tertiary/aromatic N) is 3. The number of alkyl halides is 3. The molecule has 0 spiro atoms. The average Bonchev–Trinajstić information content (AvgIpc) is 3.43. The van der Waals surface area contributed by atoms with Gasteiger partial charge in [-0.3, -0.25) is 9.59 Å². The number of nitrogens with one attached hydrogen (secondary N) is 1. The number of furan rings is 1. The quantitative estimate of drug-likeness (QED) is 0.206. The van der Waals surface area contributed by atoms with Crippen LogP contribution >= 0.6 is 0 Å². The summed E-state index contributed by atoms with van der Waals surface area (Å²) < 4.78 is 85.8. The summed E-state index contributed by atoms with van der Waals surface area (Å²) in [5.41, 5.74) is 2.41. The number of carbonyl (C=O) groups excluding carboxylic acids is 1. The maximum atomic E-state index is 14.6. The van der Waals surface area contributed by atoms with E-state index in [0.717, 1.165) is 10.7 Å². The van der Waals surface area contributed by atoms with Crippen LogP contribution in [0.25, 0.3) is 22.2 Å². The summed E-state index contributed by atoms with van der Waals surface area (Å²) in [5.74, 6) is -4.01. The zero-order valence-electron chi connectivity index (χ0n) is 22.1. The molecule has 1 aliphatic heterocycles. The Kier molecular flexibility index (Phi) is 7.96. The van der Waals surface area contributed by atoms with Gasteiger partial charge in [-0.2, -0.15) is 27.8 Å². The molecule has 5 rings (SSSR count). The van der Waals surface area contributed by atoms with Crippen molar-refractivity contribution in [3.8, 4) is 22.8 Å². The van der Waals surface area contributed by atoms with Gasteiger partial charge in [-0.1, -0.05) is 0 Å². The Bertz CT molecular complexity index is 1750. The Morgan fingerprint density at radius 3 is 2.45 bits per heavy atom. The van der Waals surface area contributed by atoms with Gasteiger partial charge in [0.1, 0.15) is 0 Å². The van der Waals surface area contributed by atoms with Gasteiger partial charge in [0.2, 0.25) is 17.5 Å². The van der Waals surface area contributed by atoms with E-state index in [2.05, 4.69) is 15.6 Å². The van der Waals surface area contributed by atoms with E-state index in [4.69, 9.17) is 13.9 Å². The van der Waals surface area contributed by atoms with Gasteiger partial charge in [-0.05, 0) is 49.2 Å². The minimum absolute atomic E-state index is 0.00942. The predicted octanol–water partition coefficient (Wildman–Crippen LogP) is 5.44. The molecule has 0 saturated heterocycles. The highest BCUT2D eigenvalue weighted by Crippen LogP contribution is 2.40. The number of ether oxygens (including phenoxy) is 2. The molecular weight excluding hydrogens is 567 g/mol. The normalized spacial score (nSPS) is 13.7. The molecule has 0 aliphatic carbocycles. The van der Waals surface area contributed by atoms with E-state index in [1.807, 2.05) is 0 Å². The van der Waals surface area contributed by atoms with Gasteiger partial charge < -0.3 is 13.9 Å². The molecule has 1 aliphatic rings. The Morgan fingerprint density at radius 1 is 0.976 bits per heavy atom. The van der Waals surface area contributed by atoms with Crippen molar-refractivity contribution < 1.29 is 40.6 Å². The number of hydrazone groups is 1. The van der Waals surface area contributed by atoms with Gasteiger partial charge in [0.15, 0.2) is 22.9 Å². The molecule has 3 heterocycles. The molecule has 0 bridgehead atoms. The fourth-order valence-electron chi connectivity index (χ4n) is 4.46. The van der Waals surface area contributed by atoms with Crippen molar-refractivity contribution in [2.24, 2.45) is 5.10 Å². The first kappa shape index (κ1) is 28.8. The highest BCUT2D eigenvalue weighted by Gasteiger charge is 2.36. The van der Waals surface area contributed by atoms with Crippen molar-refractivity contribution in [1.82, 2.24) is 15.2 Å². The lowest BCUT2D eigenvalue weighted by molar-refractivity contribution is -0.152. The number of unbranched alkanes of at least 4 members (excludes halogenated alkanes) is 1. The van der Waals surface area contributed by atoms with Crippen molar-refractivity contribution in [3.05, 3.63) is 75.8 Å². The number of aromatic nitrogens is 2. The number of rotatable bonds is 9. The Labute approximate surface area is 234 Å². The predicted molar refractivity (Wildman–Crippen MR) is 140 cm³/mol. The highest BCUT2D eigenvalue weighted by molar-refractivity contribution is 6.04. The van der Waals surface area contributed by atoms with Crippen LogP contribution in [0, 0.1) is 11.6 Å². The van der Waals surface area contributed by atoms with Gasteiger partial charge in [0.05, 0.1) is 25.1 Å². The van der Waals surface area contributed by atoms with E-state index in [9.17, 15) is 31.5 Å². The number of fused-ring (bicyclic) bond motifs is 1. The zero-order valence-corrected chi connectivity index (χ0v) is 22.1. The molecule has 0 fully saturated rings. The Balaban J connectivity index is 1.25. The van der Waals surface area contributed by atoms with Crippen molar-refractivity contribution >= 4 is 22.6 Å². The lowest BCUT2D eigenvalue weighted by Crippen LogP contribution is -2.26. The van der Waals surface area contributed by atoms with E-state index in [0.29, 0.717) is 18.4 Å². The summed E-state index contributed by atoms with van der Waals surface area (Å²) >= 11 is 0. The molecule has 0 radical (unpaired) electrons. The van der Waals surface area contributed by atoms with Crippen LogP contribution in [-0.4, -0.2) is 35.1 Å². The van der Waals surface area contributed by atoms with Gasteiger partial charge in [0, 0.05) is 42.0 Å². The first-order chi connectivity index (χ1) is 20.1. The molecule has 9 nitrogen and oxygen atoms in total. The summed E-state index contributed by atoms with van der Waals surface area (Å²) in [6.07, 6.45) is -3.70. The molecule has 1 amide bonds. The molecule has 2 aromatic carbocycles. The minimum atomic E-state index is -4.71. The summed E-state index contributed by atoms with van der Waals surface area (Å²) in [5, 5.41) is 8.21. The van der Waals surface area contributed by atoms with E-state index >= 15 is 0 Å². The topological polar surface area (TPSA) is 108 Å². The number of carbonyl (C=O) groups is 1. The van der Waals surface area contributed by atoms with Crippen molar-refractivity contribution in [3.63, 3.8) is 0 Å². The number of amides is 1. The summed E-state index contributed by atoms with van der Waals surface area (Å²) in [6.45, 7) is 0.144. The van der Waals surface area contributed by atoms with Crippen LogP contribution in [0.15, 0.2) is 56.8 Å². The van der Waals surface area contributed by atoms with E-state index < -0.39 is 29.1 Å². The molecule has 220 valence electrons. The maximum absolute atomic E-state index is 14.6. The van der Waals surface area contributed by atoms with Gasteiger partial charge >= 0.3 is 6.18 Å². The van der Waals surface area contributed by atoms with Crippen LogP contribution in [0.3, 0.4) is 0 Å². The lowest BCUT2D eigenvalue weighted by atomic mass is 10.0. The Hall–Kier alpha value is -4.75. The summed E-state index contributed by atoms with van der Waals surface area (Å²) in [7, 11) is 1.31. The number of aryl methyl sites for hydroxylation is 1. The second kappa shape index (κ2) is 11.6. The number of benzene rings is 2. The first-order valence-electron chi connectivity index (χ1n) is 12.8. The summed E-state index contributed by atoms with van der Waals surface area (Å²) in [4.78, 5) is 23.6. The van der Waals surface area contributed by atoms with Crippen LogP contribution in [0.1, 0.15) is 37.0 Å². The molecule has 4 aromatic rings. The standard InChI is InChI=1S/C28H23F5N4O5/c1-40-21-9-4-15(17-14-22(28(31,32)33)42-27(17)21)19-7-11-24(39)37(36-19)12-2-3-13-41-20-8-5-16(25(29)26(20)30)18-6-10-23(38)35-34-18/h4-5,7-9,11,14H,2-3,6,10,12-13H2,1H3,(H,35,38). The fraction of sp³-hybridized carbons (Fsp3) is 0.286. The van der Waals surface area contributed by atoms with Crippen LogP contribution in [0.5, 0.6) is 11.5 Å². The molecule has 42 heavy (non-hydrogen) atoms.